The fourth-order valence-electron chi connectivity index (χ4n) is 6.05. The van der Waals surface area contributed by atoms with Crippen molar-refractivity contribution in [3.63, 3.8) is 0 Å². The lowest BCUT2D eigenvalue weighted by Gasteiger charge is -2.32. The molecule has 0 N–H and O–H groups in total. The zero-order valence-electron chi connectivity index (χ0n) is 27.3. The van der Waals surface area contributed by atoms with Gasteiger partial charge in [0, 0.05) is 29.8 Å². The average Bonchev–Trinajstić information content (AvgIpc) is 3.38. The van der Waals surface area contributed by atoms with Crippen molar-refractivity contribution in [1.29, 1.82) is 5.26 Å². The first-order chi connectivity index (χ1) is 22.6. The van der Waals surface area contributed by atoms with Crippen LogP contribution in [0.25, 0.3) is 11.0 Å². The van der Waals surface area contributed by atoms with E-state index in [1.165, 1.54) is 13.2 Å². The van der Waals surface area contributed by atoms with Crippen LogP contribution in [0.15, 0.2) is 48.5 Å². The number of nitriles is 1. The first-order valence-corrected chi connectivity index (χ1v) is 16.0. The SMILES string of the molecule is COC(=O)c1cc(OC(C)(C)C)c2nc(CN3CCC(c4cccc(OCc5ccc(C#N)cc5F)n4)CC3)n(C[C@@H]3CCO3)c2c1. The van der Waals surface area contributed by atoms with Gasteiger partial charge in [0.25, 0.3) is 0 Å². The van der Waals surface area contributed by atoms with Crippen LogP contribution < -0.4 is 9.47 Å². The molecule has 6 rings (SSSR count). The number of rotatable bonds is 10. The maximum absolute atomic E-state index is 14.3. The van der Waals surface area contributed by atoms with E-state index in [0.717, 1.165) is 61.5 Å². The third kappa shape index (κ3) is 7.56. The molecule has 0 radical (unpaired) electrons. The van der Waals surface area contributed by atoms with E-state index in [1.807, 2.05) is 45.0 Å². The fraction of sp³-hybridized carbons (Fsp3) is 0.444. The van der Waals surface area contributed by atoms with Crippen molar-refractivity contribution in [1.82, 2.24) is 19.4 Å². The molecule has 2 aromatic heterocycles. The number of hydrogen-bond acceptors (Lipinski definition) is 9. The number of likely N-dealkylation sites (tertiary alicyclic amines) is 1. The molecule has 0 saturated carbocycles. The Morgan fingerprint density at radius 2 is 1.89 bits per heavy atom. The molecule has 2 fully saturated rings. The highest BCUT2D eigenvalue weighted by Crippen LogP contribution is 2.34. The van der Waals surface area contributed by atoms with Crippen molar-refractivity contribution >= 4 is 17.0 Å². The molecule has 2 aromatic carbocycles. The summed E-state index contributed by atoms with van der Waals surface area (Å²) in [5, 5.41) is 8.98. The third-order valence-electron chi connectivity index (χ3n) is 8.59. The number of hydrogen-bond donors (Lipinski definition) is 0. The van der Waals surface area contributed by atoms with Gasteiger partial charge in [-0.25, -0.2) is 19.2 Å². The number of esters is 1. The zero-order chi connectivity index (χ0) is 33.1. The Kier molecular flexibility index (Phi) is 9.43. The summed E-state index contributed by atoms with van der Waals surface area (Å²) in [5.41, 5.74) is 3.08. The minimum absolute atomic E-state index is 0.0307. The highest BCUT2D eigenvalue weighted by atomic mass is 19.1. The van der Waals surface area contributed by atoms with Gasteiger partial charge in [-0.05, 0) is 83.5 Å². The van der Waals surface area contributed by atoms with Crippen LogP contribution in [-0.2, 0) is 29.2 Å². The second-order valence-electron chi connectivity index (χ2n) is 13.1. The maximum Gasteiger partial charge on any atom is 0.338 e. The zero-order valence-corrected chi connectivity index (χ0v) is 27.3. The quantitative estimate of drug-likeness (QED) is 0.188. The van der Waals surface area contributed by atoms with E-state index in [9.17, 15) is 9.18 Å². The summed E-state index contributed by atoms with van der Waals surface area (Å²) in [7, 11) is 1.38. The minimum Gasteiger partial charge on any atom is -0.486 e. The lowest BCUT2D eigenvalue weighted by Crippen LogP contribution is -2.35. The number of piperidine rings is 1. The second-order valence-corrected chi connectivity index (χ2v) is 13.1. The van der Waals surface area contributed by atoms with Crippen molar-refractivity contribution < 1.29 is 28.1 Å². The molecule has 4 heterocycles. The van der Waals surface area contributed by atoms with Crippen molar-refractivity contribution in [3.8, 4) is 17.7 Å². The molecule has 2 aliphatic rings. The number of nitrogens with zero attached hydrogens (tertiary/aromatic N) is 5. The number of halogens is 1. The summed E-state index contributed by atoms with van der Waals surface area (Å²) in [6.45, 7) is 9.70. The van der Waals surface area contributed by atoms with Crippen LogP contribution in [0.5, 0.6) is 11.6 Å². The summed E-state index contributed by atoms with van der Waals surface area (Å²) in [5.74, 6) is 1.27. The number of pyridine rings is 1. The largest absolute Gasteiger partial charge is 0.486 e. The number of aromatic nitrogens is 3. The molecule has 0 spiro atoms. The standard InChI is InChI=1S/C36H40FN5O5/c1-36(2,3)47-31-18-26(35(43)44-4)17-30-34(31)40-32(42(30)20-27-12-15-45-27)21-41-13-10-24(11-14-41)29-6-5-7-33(39-29)46-22-25-9-8-23(19-38)16-28(25)37/h5-9,16-18,24,27H,10-15,20-22H2,1-4H3/t27-/m0/s1. The van der Waals surface area contributed by atoms with E-state index in [-0.39, 0.29) is 24.2 Å². The number of carbonyl (C=O) groups excluding carboxylic acids is 1. The number of imidazole rings is 1. The van der Waals surface area contributed by atoms with E-state index < -0.39 is 17.4 Å². The molecule has 0 aliphatic carbocycles. The summed E-state index contributed by atoms with van der Waals surface area (Å²) in [6, 6.07) is 15.6. The Labute approximate surface area is 274 Å². The van der Waals surface area contributed by atoms with Gasteiger partial charge >= 0.3 is 5.97 Å². The van der Waals surface area contributed by atoms with Gasteiger partial charge < -0.3 is 23.5 Å². The molecule has 0 amide bonds. The molecule has 0 unspecified atom stereocenters. The van der Waals surface area contributed by atoms with Crippen LogP contribution in [0, 0.1) is 17.1 Å². The Bertz CT molecular complexity index is 1800. The van der Waals surface area contributed by atoms with Gasteiger partial charge in [0.1, 0.15) is 35.1 Å². The van der Waals surface area contributed by atoms with Crippen LogP contribution in [-0.4, -0.2) is 63.9 Å². The molecular weight excluding hydrogens is 601 g/mol. The smallest absolute Gasteiger partial charge is 0.338 e. The lowest BCUT2D eigenvalue weighted by molar-refractivity contribution is -0.0592. The van der Waals surface area contributed by atoms with Gasteiger partial charge in [-0.1, -0.05) is 12.1 Å². The minimum atomic E-state index is -0.485. The Balaban J connectivity index is 1.17. The number of benzene rings is 2. The topological polar surface area (TPSA) is 112 Å². The molecule has 2 aliphatic heterocycles. The molecule has 1 atom stereocenters. The highest BCUT2D eigenvalue weighted by molar-refractivity contribution is 5.96. The monoisotopic (exact) mass is 641 g/mol. The number of carbonyl (C=O) groups is 1. The number of ether oxygens (including phenoxy) is 4. The van der Waals surface area contributed by atoms with E-state index >= 15 is 0 Å². The summed E-state index contributed by atoms with van der Waals surface area (Å²) < 4.78 is 39.5. The van der Waals surface area contributed by atoms with E-state index in [4.69, 9.17) is 34.2 Å². The van der Waals surface area contributed by atoms with Gasteiger partial charge in [-0.3, -0.25) is 4.90 Å². The Morgan fingerprint density at radius 3 is 2.55 bits per heavy atom. The molecule has 0 bridgehead atoms. The van der Waals surface area contributed by atoms with Gasteiger partial charge in [-0.2, -0.15) is 5.26 Å². The number of fused-ring (bicyclic) bond motifs is 1. The van der Waals surface area contributed by atoms with Crippen LogP contribution in [0.1, 0.15) is 79.0 Å². The molecule has 246 valence electrons. The first-order valence-electron chi connectivity index (χ1n) is 16.0. The van der Waals surface area contributed by atoms with Gasteiger partial charge in [0.2, 0.25) is 5.88 Å². The van der Waals surface area contributed by atoms with E-state index in [1.54, 1.807) is 24.3 Å². The van der Waals surface area contributed by atoms with Gasteiger partial charge in [0.15, 0.2) is 0 Å². The summed E-state index contributed by atoms with van der Waals surface area (Å²) in [6.07, 6.45) is 2.90. The van der Waals surface area contributed by atoms with Crippen LogP contribution in [0.2, 0.25) is 0 Å². The van der Waals surface area contributed by atoms with E-state index in [0.29, 0.717) is 35.8 Å². The average molecular weight is 642 g/mol. The molecule has 10 nitrogen and oxygen atoms in total. The van der Waals surface area contributed by atoms with Crippen molar-refractivity contribution in [2.75, 3.05) is 26.8 Å². The third-order valence-corrected chi connectivity index (χ3v) is 8.59. The Hall–Kier alpha value is -4.53. The summed E-state index contributed by atoms with van der Waals surface area (Å²) >= 11 is 0. The van der Waals surface area contributed by atoms with Crippen LogP contribution >= 0.6 is 0 Å². The van der Waals surface area contributed by atoms with Crippen molar-refractivity contribution in [2.45, 2.75) is 77.4 Å². The maximum atomic E-state index is 14.3. The lowest BCUT2D eigenvalue weighted by atomic mass is 9.93. The summed E-state index contributed by atoms with van der Waals surface area (Å²) in [4.78, 5) is 24.9. The molecule has 4 aromatic rings. The molecule has 2 saturated heterocycles. The normalized spacial score (nSPS) is 17.2. The van der Waals surface area contributed by atoms with Gasteiger partial charge in [0.05, 0.1) is 49.0 Å². The Morgan fingerprint density at radius 1 is 1.11 bits per heavy atom. The van der Waals surface area contributed by atoms with E-state index in [2.05, 4.69) is 9.47 Å². The van der Waals surface area contributed by atoms with Crippen LogP contribution in [0.4, 0.5) is 4.39 Å². The van der Waals surface area contributed by atoms with Crippen molar-refractivity contribution in [2.24, 2.45) is 0 Å². The second kappa shape index (κ2) is 13.7. The number of methoxy groups -OCH3 is 1. The molecule has 47 heavy (non-hydrogen) atoms. The molecule has 11 heteroatoms. The fourth-order valence-corrected chi connectivity index (χ4v) is 6.05. The van der Waals surface area contributed by atoms with Crippen LogP contribution in [0.3, 0.4) is 0 Å². The van der Waals surface area contributed by atoms with Gasteiger partial charge in [-0.15, -0.1) is 0 Å². The highest BCUT2D eigenvalue weighted by Gasteiger charge is 2.28. The first kappa shape index (κ1) is 32.4. The predicted octanol–water partition coefficient (Wildman–Crippen LogP) is 6.15. The predicted molar refractivity (Wildman–Crippen MR) is 173 cm³/mol. The van der Waals surface area contributed by atoms with Crippen molar-refractivity contribution in [3.05, 3.63) is 82.6 Å². The molecular formula is C36H40FN5O5.